The fraction of sp³-hybridized carbons (Fsp3) is 0.0833. The van der Waals surface area contributed by atoms with Gasteiger partial charge in [-0.2, -0.15) is 0 Å². The fourth-order valence-electron chi connectivity index (χ4n) is 3.36. The van der Waals surface area contributed by atoms with Crippen molar-refractivity contribution in [3.05, 3.63) is 101 Å². The first-order valence-corrected chi connectivity index (χ1v) is 9.55. The number of rotatable bonds is 5. The smallest absolute Gasteiger partial charge is 0.293 e. The van der Waals surface area contributed by atoms with Crippen molar-refractivity contribution in [1.82, 2.24) is 5.32 Å². The number of benzene rings is 3. The second kappa shape index (κ2) is 8.39. The van der Waals surface area contributed by atoms with E-state index in [1.165, 1.54) is 41.3 Å². The molecule has 0 aliphatic carbocycles. The fourth-order valence-corrected chi connectivity index (χ4v) is 3.36. The summed E-state index contributed by atoms with van der Waals surface area (Å²) in [6.07, 6.45) is 0. The summed E-state index contributed by atoms with van der Waals surface area (Å²) in [5.41, 5.74) is 2.84. The lowest BCUT2D eigenvalue weighted by atomic mass is 10.0. The summed E-state index contributed by atoms with van der Waals surface area (Å²) < 4.78 is 26.3. The average Bonchev–Trinajstić information content (AvgIpc) is 3.08. The summed E-state index contributed by atoms with van der Waals surface area (Å²) in [5, 5.41) is 12.9. The Morgan fingerprint density at radius 3 is 2.26 bits per heavy atom. The molecule has 3 aromatic carbocycles. The molecule has 0 saturated carbocycles. The first-order chi connectivity index (χ1) is 14.9. The number of anilines is 1. The van der Waals surface area contributed by atoms with Gasteiger partial charge in [-0.1, -0.05) is 30.3 Å². The van der Waals surface area contributed by atoms with Gasteiger partial charge in [0.1, 0.15) is 11.6 Å². The highest BCUT2D eigenvalue weighted by Crippen LogP contribution is 2.25. The van der Waals surface area contributed by atoms with E-state index >= 15 is 0 Å². The van der Waals surface area contributed by atoms with Crippen molar-refractivity contribution in [2.75, 3.05) is 11.4 Å². The number of aliphatic hydroxyl groups is 1. The largest absolute Gasteiger partial charge is 0.503 e. The molecule has 5 nitrogen and oxygen atoms in total. The van der Waals surface area contributed by atoms with Crippen molar-refractivity contribution in [2.45, 2.75) is 6.54 Å². The van der Waals surface area contributed by atoms with E-state index in [-0.39, 0.29) is 24.5 Å². The average molecular weight is 420 g/mol. The first-order valence-electron chi connectivity index (χ1n) is 9.55. The van der Waals surface area contributed by atoms with E-state index in [1.54, 1.807) is 12.1 Å². The summed E-state index contributed by atoms with van der Waals surface area (Å²) in [6.45, 7) is 0.0626. The maximum absolute atomic E-state index is 13.1. The monoisotopic (exact) mass is 420 g/mol. The van der Waals surface area contributed by atoms with Crippen molar-refractivity contribution < 1.29 is 23.5 Å². The van der Waals surface area contributed by atoms with Gasteiger partial charge in [0, 0.05) is 12.2 Å². The minimum Gasteiger partial charge on any atom is -0.503 e. The Morgan fingerprint density at radius 1 is 0.935 bits per heavy atom. The number of hydrogen-bond acceptors (Lipinski definition) is 3. The van der Waals surface area contributed by atoms with Crippen LogP contribution >= 0.6 is 0 Å². The van der Waals surface area contributed by atoms with Gasteiger partial charge in [-0.05, 0) is 59.2 Å². The SMILES string of the molecule is O=C(NCc1cccc(-c2ccc(F)cc2)c1)C1=C(O)C(=O)N(c2ccc(F)cc2)C1. The Bertz CT molecular complexity index is 1170. The van der Waals surface area contributed by atoms with Crippen molar-refractivity contribution in [3.8, 4) is 11.1 Å². The molecule has 0 unspecified atom stereocenters. The Balaban J connectivity index is 1.44. The maximum Gasteiger partial charge on any atom is 0.293 e. The molecule has 0 spiro atoms. The van der Waals surface area contributed by atoms with E-state index < -0.39 is 23.4 Å². The van der Waals surface area contributed by atoms with Crippen LogP contribution in [-0.2, 0) is 16.1 Å². The van der Waals surface area contributed by atoms with Gasteiger partial charge >= 0.3 is 0 Å². The third-order valence-electron chi connectivity index (χ3n) is 5.02. The number of aliphatic hydroxyl groups excluding tert-OH is 1. The lowest BCUT2D eigenvalue weighted by molar-refractivity contribution is -0.119. The minimum atomic E-state index is -0.713. The van der Waals surface area contributed by atoms with E-state index in [0.29, 0.717) is 5.69 Å². The maximum atomic E-state index is 13.1. The Hall–Kier alpha value is -4.00. The normalized spacial score (nSPS) is 13.6. The number of hydrogen-bond donors (Lipinski definition) is 2. The molecule has 1 heterocycles. The third-order valence-corrected chi connectivity index (χ3v) is 5.02. The van der Waals surface area contributed by atoms with E-state index in [0.717, 1.165) is 16.7 Å². The molecule has 31 heavy (non-hydrogen) atoms. The van der Waals surface area contributed by atoms with Crippen LogP contribution in [0.2, 0.25) is 0 Å². The van der Waals surface area contributed by atoms with Crippen molar-refractivity contribution >= 4 is 17.5 Å². The molecule has 2 amide bonds. The number of halogens is 2. The van der Waals surface area contributed by atoms with Gasteiger partial charge in [-0.15, -0.1) is 0 Å². The minimum absolute atomic E-state index is 0.0518. The number of carbonyl (C=O) groups excluding carboxylic acids is 2. The molecular formula is C24H18F2N2O3. The standard InChI is InChI=1S/C24H18F2N2O3/c25-18-6-4-16(5-7-18)17-3-1-2-15(12-17)13-27-23(30)21-14-28(24(31)22(21)29)20-10-8-19(26)9-11-20/h1-12,29H,13-14H2,(H,27,30). The van der Waals surface area contributed by atoms with Crippen LogP contribution in [0.4, 0.5) is 14.5 Å². The molecule has 0 radical (unpaired) electrons. The van der Waals surface area contributed by atoms with Crippen LogP contribution < -0.4 is 10.2 Å². The molecular weight excluding hydrogens is 402 g/mol. The van der Waals surface area contributed by atoms with Crippen LogP contribution in [0.1, 0.15) is 5.56 Å². The van der Waals surface area contributed by atoms with E-state index in [1.807, 2.05) is 24.3 Å². The van der Waals surface area contributed by atoms with E-state index in [9.17, 15) is 23.5 Å². The number of nitrogens with zero attached hydrogens (tertiary/aromatic N) is 1. The summed E-state index contributed by atoms with van der Waals surface area (Å²) in [6, 6.07) is 18.7. The van der Waals surface area contributed by atoms with Gasteiger partial charge in [0.05, 0.1) is 12.1 Å². The highest BCUT2D eigenvalue weighted by atomic mass is 19.1. The summed E-state index contributed by atoms with van der Waals surface area (Å²) in [5.74, 6) is -2.67. The lowest BCUT2D eigenvalue weighted by Crippen LogP contribution is -2.30. The molecule has 0 saturated heterocycles. The second-order valence-electron chi connectivity index (χ2n) is 7.08. The second-order valence-corrected chi connectivity index (χ2v) is 7.08. The highest BCUT2D eigenvalue weighted by molar-refractivity contribution is 6.14. The van der Waals surface area contributed by atoms with Crippen molar-refractivity contribution in [2.24, 2.45) is 0 Å². The van der Waals surface area contributed by atoms with Gasteiger partial charge in [0.2, 0.25) is 0 Å². The van der Waals surface area contributed by atoms with Crippen LogP contribution in [0.5, 0.6) is 0 Å². The van der Waals surface area contributed by atoms with E-state index in [2.05, 4.69) is 5.32 Å². The van der Waals surface area contributed by atoms with Crippen LogP contribution in [0.3, 0.4) is 0 Å². The Morgan fingerprint density at radius 2 is 1.58 bits per heavy atom. The molecule has 7 heteroatoms. The molecule has 0 fully saturated rings. The van der Waals surface area contributed by atoms with Crippen LogP contribution in [-0.4, -0.2) is 23.5 Å². The summed E-state index contributed by atoms with van der Waals surface area (Å²) in [4.78, 5) is 26.1. The molecule has 0 aromatic heterocycles. The highest BCUT2D eigenvalue weighted by Gasteiger charge is 2.34. The zero-order chi connectivity index (χ0) is 22.0. The summed E-state index contributed by atoms with van der Waals surface area (Å²) >= 11 is 0. The number of nitrogens with one attached hydrogen (secondary N) is 1. The van der Waals surface area contributed by atoms with Gasteiger partial charge < -0.3 is 15.3 Å². The van der Waals surface area contributed by atoms with Crippen LogP contribution in [0.25, 0.3) is 11.1 Å². The van der Waals surface area contributed by atoms with Gasteiger partial charge in [0.25, 0.3) is 11.8 Å². The predicted molar refractivity (Wildman–Crippen MR) is 112 cm³/mol. The number of amides is 2. The molecule has 1 aliphatic rings. The molecule has 1 aliphatic heterocycles. The van der Waals surface area contributed by atoms with Crippen LogP contribution in [0, 0.1) is 11.6 Å². The molecule has 4 rings (SSSR count). The van der Waals surface area contributed by atoms with Crippen molar-refractivity contribution in [3.63, 3.8) is 0 Å². The molecule has 3 aromatic rings. The Kier molecular flexibility index (Phi) is 5.49. The Labute approximate surface area is 177 Å². The van der Waals surface area contributed by atoms with Gasteiger partial charge in [-0.25, -0.2) is 8.78 Å². The lowest BCUT2D eigenvalue weighted by Gasteiger charge is -2.16. The molecule has 0 bridgehead atoms. The zero-order valence-corrected chi connectivity index (χ0v) is 16.3. The molecule has 0 atom stereocenters. The zero-order valence-electron chi connectivity index (χ0n) is 16.3. The molecule has 156 valence electrons. The topological polar surface area (TPSA) is 69.6 Å². The van der Waals surface area contributed by atoms with Crippen molar-refractivity contribution in [1.29, 1.82) is 0 Å². The van der Waals surface area contributed by atoms with Gasteiger partial charge in [-0.3, -0.25) is 9.59 Å². The third kappa shape index (κ3) is 4.30. The first kappa shape index (κ1) is 20.3. The summed E-state index contributed by atoms with van der Waals surface area (Å²) in [7, 11) is 0. The van der Waals surface area contributed by atoms with Crippen LogP contribution in [0.15, 0.2) is 84.1 Å². The number of carbonyl (C=O) groups is 2. The predicted octanol–water partition coefficient (Wildman–Crippen LogP) is 4.11. The molecule has 2 N–H and O–H groups in total. The quantitative estimate of drug-likeness (QED) is 0.653. The van der Waals surface area contributed by atoms with Gasteiger partial charge in [0.15, 0.2) is 5.76 Å². The van der Waals surface area contributed by atoms with E-state index in [4.69, 9.17) is 0 Å².